The highest BCUT2D eigenvalue weighted by Gasteiger charge is 2.29. The van der Waals surface area contributed by atoms with Gasteiger partial charge in [-0.3, -0.25) is 4.79 Å². The van der Waals surface area contributed by atoms with Crippen LogP contribution in [0.3, 0.4) is 0 Å². The summed E-state index contributed by atoms with van der Waals surface area (Å²) in [6.45, 7) is 2.65. The number of nitrogens with zero attached hydrogens (tertiary/aromatic N) is 1. The molecule has 27 heavy (non-hydrogen) atoms. The molecule has 1 aliphatic rings. The quantitative estimate of drug-likeness (QED) is 0.794. The van der Waals surface area contributed by atoms with E-state index in [4.69, 9.17) is 0 Å². The average molecular weight is 411 g/mol. The van der Waals surface area contributed by atoms with Crippen LogP contribution in [-0.2, 0) is 16.4 Å². The number of sulfonamides is 1. The molecule has 1 fully saturated rings. The third-order valence-corrected chi connectivity index (χ3v) is 7.27. The minimum atomic E-state index is -3.94. The fraction of sp³-hybridized carbons (Fsp3) is 0.421. The molecule has 1 atom stereocenters. The highest BCUT2D eigenvalue weighted by molar-refractivity contribution is 7.89. The first-order valence-electron chi connectivity index (χ1n) is 8.99. The Morgan fingerprint density at radius 2 is 2.00 bits per heavy atom. The molecule has 1 aromatic heterocycles. The van der Waals surface area contributed by atoms with Crippen LogP contribution in [0, 0.1) is 5.82 Å². The van der Waals surface area contributed by atoms with Crippen LogP contribution in [0.1, 0.15) is 42.1 Å². The molecular weight excluding hydrogens is 387 g/mol. The second-order valence-corrected chi connectivity index (χ2v) is 9.51. The number of amides is 1. The molecule has 1 N–H and O–H groups in total. The lowest BCUT2D eigenvalue weighted by Crippen LogP contribution is -2.36. The van der Waals surface area contributed by atoms with E-state index in [2.05, 4.69) is 5.32 Å². The lowest BCUT2D eigenvalue weighted by Gasteiger charge is -2.26. The topological polar surface area (TPSA) is 66.5 Å². The summed E-state index contributed by atoms with van der Waals surface area (Å²) in [4.78, 5) is 12.1. The predicted octanol–water partition coefficient (Wildman–Crippen LogP) is 3.42. The van der Waals surface area contributed by atoms with Crippen molar-refractivity contribution in [2.45, 2.75) is 43.5 Å². The first-order valence-corrected chi connectivity index (χ1v) is 11.4. The monoisotopic (exact) mass is 410 g/mol. The van der Waals surface area contributed by atoms with Gasteiger partial charge in [0, 0.05) is 24.7 Å². The molecule has 0 aliphatic carbocycles. The minimum absolute atomic E-state index is 0.126. The van der Waals surface area contributed by atoms with Crippen LogP contribution in [0.5, 0.6) is 0 Å². The number of piperidine rings is 1. The number of carbonyl (C=O) groups is 1. The first kappa shape index (κ1) is 20.0. The zero-order chi connectivity index (χ0) is 19.4. The summed E-state index contributed by atoms with van der Waals surface area (Å²) in [5.41, 5.74) is 1.27. The molecule has 1 aromatic carbocycles. The molecule has 2 aromatic rings. The third kappa shape index (κ3) is 4.75. The second kappa shape index (κ2) is 8.50. The fourth-order valence-electron chi connectivity index (χ4n) is 3.21. The molecule has 8 heteroatoms. The first-order chi connectivity index (χ1) is 12.9. The van der Waals surface area contributed by atoms with E-state index in [0.717, 1.165) is 37.0 Å². The maximum absolute atomic E-state index is 14.3. The number of benzene rings is 1. The van der Waals surface area contributed by atoms with Crippen molar-refractivity contribution in [3.8, 4) is 0 Å². The smallest absolute Gasteiger partial charge is 0.251 e. The van der Waals surface area contributed by atoms with E-state index in [0.29, 0.717) is 19.5 Å². The molecular formula is C19H23FN2O3S2. The van der Waals surface area contributed by atoms with Crippen LogP contribution in [0.4, 0.5) is 4.39 Å². The molecule has 5 nitrogen and oxygen atoms in total. The lowest BCUT2D eigenvalue weighted by molar-refractivity contribution is 0.0940. The van der Waals surface area contributed by atoms with E-state index in [1.54, 1.807) is 11.3 Å². The van der Waals surface area contributed by atoms with Gasteiger partial charge < -0.3 is 5.32 Å². The van der Waals surface area contributed by atoms with Crippen molar-refractivity contribution in [3.05, 3.63) is 52.0 Å². The number of hydrogen-bond donors (Lipinski definition) is 1. The van der Waals surface area contributed by atoms with E-state index in [1.165, 1.54) is 10.4 Å². The summed E-state index contributed by atoms with van der Waals surface area (Å²) in [6.07, 6.45) is 3.18. The molecule has 1 amide bonds. The van der Waals surface area contributed by atoms with Gasteiger partial charge in [-0.25, -0.2) is 12.8 Å². The third-order valence-electron chi connectivity index (χ3n) is 4.63. The Morgan fingerprint density at radius 3 is 2.67 bits per heavy atom. The van der Waals surface area contributed by atoms with Gasteiger partial charge in [-0.1, -0.05) is 6.42 Å². The zero-order valence-corrected chi connectivity index (χ0v) is 16.8. The average Bonchev–Trinajstić information content (AvgIpc) is 3.15. The second-order valence-electron chi connectivity index (χ2n) is 6.82. The molecule has 0 spiro atoms. The Hall–Kier alpha value is -1.77. The fourth-order valence-corrected chi connectivity index (χ4v) is 5.50. The highest BCUT2D eigenvalue weighted by atomic mass is 32.2. The number of carbonyl (C=O) groups excluding carboxylic acids is 1. The summed E-state index contributed by atoms with van der Waals surface area (Å²) >= 11 is 1.59. The normalized spacial score (nSPS) is 16.8. The van der Waals surface area contributed by atoms with E-state index in [1.807, 2.05) is 23.8 Å². The van der Waals surface area contributed by atoms with Crippen molar-refractivity contribution in [2.75, 3.05) is 13.1 Å². The molecule has 1 saturated heterocycles. The Morgan fingerprint density at radius 1 is 1.26 bits per heavy atom. The van der Waals surface area contributed by atoms with Gasteiger partial charge in [-0.05, 0) is 66.8 Å². The number of hydrogen-bond acceptors (Lipinski definition) is 4. The van der Waals surface area contributed by atoms with Crippen LogP contribution in [0.25, 0.3) is 0 Å². The van der Waals surface area contributed by atoms with Gasteiger partial charge in [0.05, 0.1) is 0 Å². The van der Waals surface area contributed by atoms with Crippen molar-refractivity contribution in [3.63, 3.8) is 0 Å². The van der Waals surface area contributed by atoms with E-state index in [-0.39, 0.29) is 11.6 Å². The summed E-state index contributed by atoms with van der Waals surface area (Å²) in [5.74, 6) is -1.24. The Labute approximate surface area is 163 Å². The van der Waals surface area contributed by atoms with E-state index < -0.39 is 26.6 Å². The van der Waals surface area contributed by atoms with Gasteiger partial charge in [0.2, 0.25) is 10.0 Å². The van der Waals surface area contributed by atoms with Crippen molar-refractivity contribution < 1.29 is 17.6 Å². The summed E-state index contributed by atoms with van der Waals surface area (Å²) in [5, 5.41) is 6.84. The van der Waals surface area contributed by atoms with Gasteiger partial charge in [0.25, 0.3) is 5.91 Å². The number of rotatable bonds is 6. The maximum Gasteiger partial charge on any atom is 0.251 e. The molecule has 0 saturated carbocycles. The largest absolute Gasteiger partial charge is 0.349 e. The van der Waals surface area contributed by atoms with Crippen LogP contribution in [0.15, 0.2) is 39.9 Å². The van der Waals surface area contributed by atoms with Gasteiger partial charge >= 0.3 is 0 Å². The number of thiophene rings is 1. The van der Waals surface area contributed by atoms with Crippen LogP contribution in [-0.4, -0.2) is 37.8 Å². The lowest BCUT2D eigenvalue weighted by atomic mass is 10.1. The maximum atomic E-state index is 14.3. The Balaban J connectivity index is 1.76. The summed E-state index contributed by atoms with van der Waals surface area (Å²) in [7, 11) is -3.94. The van der Waals surface area contributed by atoms with Crippen LogP contribution < -0.4 is 5.32 Å². The van der Waals surface area contributed by atoms with E-state index >= 15 is 0 Å². The van der Waals surface area contributed by atoms with Gasteiger partial charge in [-0.15, -0.1) is 0 Å². The Kier molecular flexibility index (Phi) is 6.29. The molecule has 2 heterocycles. The van der Waals surface area contributed by atoms with Crippen molar-refractivity contribution >= 4 is 27.3 Å². The number of nitrogens with one attached hydrogen (secondary N) is 1. The zero-order valence-electron chi connectivity index (χ0n) is 15.2. The van der Waals surface area contributed by atoms with Gasteiger partial charge in [0.15, 0.2) is 0 Å². The molecule has 0 bridgehead atoms. The summed E-state index contributed by atoms with van der Waals surface area (Å²) < 4.78 is 41.1. The molecule has 146 valence electrons. The van der Waals surface area contributed by atoms with Gasteiger partial charge in [-0.2, -0.15) is 15.6 Å². The standard InChI is InChI=1S/C19H23FN2O3S2/c1-14(11-15-7-10-26-13-15)21-19(23)16-5-6-17(20)18(12-16)27(24,25)22-8-3-2-4-9-22/h5-7,10,12-14H,2-4,8-9,11H2,1H3,(H,21,23). The predicted molar refractivity (Wildman–Crippen MR) is 104 cm³/mol. The highest BCUT2D eigenvalue weighted by Crippen LogP contribution is 2.24. The minimum Gasteiger partial charge on any atom is -0.349 e. The van der Waals surface area contributed by atoms with Crippen molar-refractivity contribution in [2.24, 2.45) is 0 Å². The van der Waals surface area contributed by atoms with Crippen LogP contribution in [0.2, 0.25) is 0 Å². The van der Waals surface area contributed by atoms with Crippen molar-refractivity contribution in [1.29, 1.82) is 0 Å². The molecule has 0 radical (unpaired) electrons. The van der Waals surface area contributed by atoms with Crippen LogP contribution >= 0.6 is 11.3 Å². The number of halogens is 1. The SMILES string of the molecule is CC(Cc1ccsc1)NC(=O)c1ccc(F)c(S(=O)(=O)N2CCCCC2)c1. The van der Waals surface area contributed by atoms with Crippen molar-refractivity contribution in [1.82, 2.24) is 9.62 Å². The molecule has 3 rings (SSSR count). The van der Waals surface area contributed by atoms with Gasteiger partial charge in [0.1, 0.15) is 10.7 Å². The Bertz CT molecular complexity index is 892. The molecule has 1 aliphatic heterocycles. The van der Waals surface area contributed by atoms with E-state index in [9.17, 15) is 17.6 Å². The molecule has 1 unspecified atom stereocenters. The summed E-state index contributed by atoms with van der Waals surface area (Å²) in [6, 6.07) is 5.38.